The number of hydrogen-bond donors (Lipinski definition) is 2. The Balaban J connectivity index is 1.69. The summed E-state index contributed by atoms with van der Waals surface area (Å²) in [6.45, 7) is 0.890. The van der Waals surface area contributed by atoms with Crippen molar-refractivity contribution in [2.75, 3.05) is 19.0 Å². The monoisotopic (exact) mass is 302 g/mol. The van der Waals surface area contributed by atoms with Crippen molar-refractivity contribution in [2.24, 2.45) is 0 Å². The van der Waals surface area contributed by atoms with Gasteiger partial charge in [-0.15, -0.1) is 0 Å². The van der Waals surface area contributed by atoms with Crippen molar-refractivity contribution in [1.82, 2.24) is 5.32 Å². The summed E-state index contributed by atoms with van der Waals surface area (Å²) in [5.41, 5.74) is 1.33. The fourth-order valence-corrected chi connectivity index (χ4v) is 1.85. The van der Waals surface area contributed by atoms with Crippen LogP contribution in [-0.4, -0.2) is 25.5 Å². The highest BCUT2D eigenvalue weighted by Gasteiger charge is 2.05. The normalized spacial score (nSPS) is 10.0. The third-order valence-electron chi connectivity index (χ3n) is 3.03. The number of amides is 1. The number of furan rings is 1. The number of carbonyl (C=O) groups is 2. The van der Waals surface area contributed by atoms with Crippen LogP contribution in [0.4, 0.5) is 5.69 Å². The van der Waals surface area contributed by atoms with Gasteiger partial charge in [0.1, 0.15) is 5.76 Å². The molecule has 1 amide bonds. The van der Waals surface area contributed by atoms with Crippen LogP contribution in [0.5, 0.6) is 0 Å². The lowest BCUT2D eigenvalue weighted by atomic mass is 10.2. The molecule has 0 radical (unpaired) electrons. The van der Waals surface area contributed by atoms with Gasteiger partial charge in [-0.25, -0.2) is 4.79 Å². The Bertz CT molecular complexity index is 606. The zero-order valence-corrected chi connectivity index (χ0v) is 12.3. The number of anilines is 1. The zero-order chi connectivity index (χ0) is 15.8. The molecule has 0 saturated carbocycles. The molecular weight excluding hydrogens is 284 g/mol. The molecule has 0 saturated heterocycles. The Morgan fingerprint density at radius 1 is 1.18 bits per heavy atom. The van der Waals surface area contributed by atoms with Gasteiger partial charge in [-0.05, 0) is 36.4 Å². The molecule has 0 aliphatic rings. The summed E-state index contributed by atoms with van der Waals surface area (Å²) in [5, 5.41) is 5.89. The van der Waals surface area contributed by atoms with E-state index in [9.17, 15) is 9.59 Å². The highest BCUT2D eigenvalue weighted by molar-refractivity contribution is 5.89. The lowest BCUT2D eigenvalue weighted by molar-refractivity contribution is -0.121. The van der Waals surface area contributed by atoms with Crippen LogP contribution in [0.2, 0.25) is 0 Å². The summed E-state index contributed by atoms with van der Waals surface area (Å²) in [6.07, 6.45) is 1.92. The summed E-state index contributed by atoms with van der Waals surface area (Å²) in [5.74, 6) is 0.290. The number of benzene rings is 1. The van der Waals surface area contributed by atoms with Gasteiger partial charge in [-0.3, -0.25) is 4.79 Å². The average Bonchev–Trinajstić information content (AvgIpc) is 3.06. The van der Waals surface area contributed by atoms with E-state index in [1.54, 1.807) is 42.7 Å². The van der Waals surface area contributed by atoms with Crippen molar-refractivity contribution in [3.05, 3.63) is 54.0 Å². The van der Waals surface area contributed by atoms with Gasteiger partial charge in [-0.1, -0.05) is 0 Å². The van der Waals surface area contributed by atoms with E-state index in [4.69, 9.17) is 4.42 Å². The molecule has 6 nitrogen and oxygen atoms in total. The molecule has 0 fully saturated rings. The van der Waals surface area contributed by atoms with E-state index in [0.29, 0.717) is 25.1 Å². The third kappa shape index (κ3) is 4.66. The summed E-state index contributed by atoms with van der Waals surface area (Å²) in [4.78, 5) is 23.0. The Morgan fingerprint density at radius 2 is 1.95 bits per heavy atom. The largest absolute Gasteiger partial charge is 0.467 e. The Hall–Kier alpha value is -2.76. The molecular formula is C16H18N2O4. The van der Waals surface area contributed by atoms with Crippen LogP contribution in [0.15, 0.2) is 47.1 Å². The molecule has 1 aromatic heterocycles. The molecule has 0 aliphatic heterocycles. The molecule has 1 aromatic carbocycles. The number of esters is 1. The Labute approximate surface area is 128 Å². The molecule has 22 heavy (non-hydrogen) atoms. The molecule has 116 valence electrons. The molecule has 1 heterocycles. The predicted molar refractivity (Wildman–Crippen MR) is 81.4 cm³/mol. The van der Waals surface area contributed by atoms with Crippen molar-refractivity contribution in [2.45, 2.75) is 13.0 Å². The van der Waals surface area contributed by atoms with E-state index in [2.05, 4.69) is 15.4 Å². The zero-order valence-electron chi connectivity index (χ0n) is 12.3. The van der Waals surface area contributed by atoms with Gasteiger partial charge in [0.15, 0.2) is 0 Å². The predicted octanol–water partition coefficient (Wildman–Crippen LogP) is 2.18. The first-order valence-electron chi connectivity index (χ1n) is 6.90. The highest BCUT2D eigenvalue weighted by Crippen LogP contribution is 2.10. The van der Waals surface area contributed by atoms with Gasteiger partial charge in [0.25, 0.3) is 0 Å². The van der Waals surface area contributed by atoms with Gasteiger partial charge in [0.05, 0.1) is 25.5 Å². The van der Waals surface area contributed by atoms with E-state index >= 15 is 0 Å². The Kier molecular flexibility index (Phi) is 5.59. The minimum Gasteiger partial charge on any atom is -0.467 e. The van der Waals surface area contributed by atoms with Crippen LogP contribution in [-0.2, 0) is 16.1 Å². The molecule has 0 spiro atoms. The number of nitrogens with one attached hydrogen (secondary N) is 2. The van der Waals surface area contributed by atoms with E-state index in [-0.39, 0.29) is 11.9 Å². The molecule has 2 rings (SSSR count). The lowest BCUT2D eigenvalue weighted by Crippen LogP contribution is -2.24. The second-order valence-corrected chi connectivity index (χ2v) is 4.60. The van der Waals surface area contributed by atoms with Crippen LogP contribution >= 0.6 is 0 Å². The molecule has 2 N–H and O–H groups in total. The first-order chi connectivity index (χ1) is 10.7. The first-order valence-corrected chi connectivity index (χ1v) is 6.90. The summed E-state index contributed by atoms with van der Waals surface area (Å²) >= 11 is 0. The van der Waals surface area contributed by atoms with Crippen LogP contribution in [0.3, 0.4) is 0 Å². The standard InChI is InChI=1S/C16H18N2O4/c1-21-16(20)12-4-6-13(7-5-12)17-9-8-15(19)18-11-14-3-2-10-22-14/h2-7,10,17H,8-9,11H2,1H3,(H,18,19). The van der Waals surface area contributed by atoms with Crippen molar-refractivity contribution >= 4 is 17.6 Å². The molecule has 0 aliphatic carbocycles. The fourth-order valence-electron chi connectivity index (χ4n) is 1.85. The third-order valence-corrected chi connectivity index (χ3v) is 3.03. The van der Waals surface area contributed by atoms with Gasteiger partial charge in [0, 0.05) is 18.7 Å². The number of methoxy groups -OCH3 is 1. The van der Waals surface area contributed by atoms with Gasteiger partial charge in [-0.2, -0.15) is 0 Å². The van der Waals surface area contributed by atoms with Crippen LogP contribution < -0.4 is 10.6 Å². The number of carbonyl (C=O) groups excluding carboxylic acids is 2. The minimum absolute atomic E-state index is 0.0601. The smallest absolute Gasteiger partial charge is 0.337 e. The van der Waals surface area contributed by atoms with Crippen LogP contribution in [0.25, 0.3) is 0 Å². The molecule has 0 bridgehead atoms. The van der Waals surface area contributed by atoms with Crippen LogP contribution in [0.1, 0.15) is 22.5 Å². The maximum absolute atomic E-state index is 11.7. The maximum Gasteiger partial charge on any atom is 0.337 e. The van der Waals surface area contributed by atoms with E-state index in [1.807, 2.05) is 0 Å². The summed E-state index contributed by atoms with van der Waals surface area (Å²) in [6, 6.07) is 10.5. The Morgan fingerprint density at radius 3 is 2.59 bits per heavy atom. The van der Waals surface area contributed by atoms with E-state index < -0.39 is 0 Å². The maximum atomic E-state index is 11.7. The topological polar surface area (TPSA) is 80.6 Å². The van der Waals surface area contributed by atoms with Gasteiger partial charge >= 0.3 is 5.97 Å². The van der Waals surface area contributed by atoms with Crippen molar-refractivity contribution < 1.29 is 18.7 Å². The second kappa shape index (κ2) is 7.87. The van der Waals surface area contributed by atoms with Crippen molar-refractivity contribution in [1.29, 1.82) is 0 Å². The summed E-state index contributed by atoms with van der Waals surface area (Å²) < 4.78 is 9.76. The highest BCUT2D eigenvalue weighted by atomic mass is 16.5. The quantitative estimate of drug-likeness (QED) is 0.766. The first kappa shape index (κ1) is 15.6. The van der Waals surface area contributed by atoms with E-state index in [1.165, 1.54) is 7.11 Å². The molecule has 2 aromatic rings. The van der Waals surface area contributed by atoms with Crippen LogP contribution in [0, 0.1) is 0 Å². The average molecular weight is 302 g/mol. The van der Waals surface area contributed by atoms with Gasteiger partial charge < -0.3 is 19.8 Å². The second-order valence-electron chi connectivity index (χ2n) is 4.60. The SMILES string of the molecule is COC(=O)c1ccc(NCCC(=O)NCc2ccco2)cc1. The molecule has 6 heteroatoms. The number of hydrogen-bond acceptors (Lipinski definition) is 5. The van der Waals surface area contributed by atoms with Crippen molar-refractivity contribution in [3.63, 3.8) is 0 Å². The van der Waals surface area contributed by atoms with Crippen molar-refractivity contribution in [3.8, 4) is 0 Å². The summed E-state index contributed by atoms with van der Waals surface area (Å²) in [7, 11) is 1.34. The van der Waals surface area contributed by atoms with Gasteiger partial charge in [0.2, 0.25) is 5.91 Å². The molecule has 0 atom stereocenters. The minimum atomic E-state index is -0.371. The van der Waals surface area contributed by atoms with E-state index in [0.717, 1.165) is 11.4 Å². The lowest BCUT2D eigenvalue weighted by Gasteiger charge is -2.07. The number of rotatable bonds is 7. The number of ether oxygens (including phenoxy) is 1. The fraction of sp³-hybridized carbons (Fsp3) is 0.250. The molecule has 0 unspecified atom stereocenters.